The van der Waals surface area contributed by atoms with Crippen molar-refractivity contribution in [1.29, 1.82) is 0 Å². The van der Waals surface area contributed by atoms with Crippen LogP contribution < -0.4 is 4.74 Å². The molecule has 1 N–H and O–H groups in total. The van der Waals surface area contributed by atoms with Crippen LogP contribution in [0.3, 0.4) is 0 Å². The van der Waals surface area contributed by atoms with E-state index in [0.29, 0.717) is 38.7 Å². The van der Waals surface area contributed by atoms with Gasteiger partial charge >= 0.3 is 0 Å². The van der Waals surface area contributed by atoms with E-state index < -0.39 is 6.10 Å². The molecule has 0 spiro atoms. The van der Waals surface area contributed by atoms with E-state index in [0.717, 1.165) is 0 Å². The Morgan fingerprint density at radius 3 is 2.45 bits per heavy atom. The van der Waals surface area contributed by atoms with Crippen LogP contribution in [0, 0.1) is 0 Å². The molecule has 0 fully saturated rings. The smallest absolute Gasteiger partial charge is 0.147 e. The Labute approximate surface area is 132 Å². The molecule has 1 heterocycles. The predicted molar refractivity (Wildman–Crippen MR) is 81.0 cm³/mol. The van der Waals surface area contributed by atoms with Crippen LogP contribution in [0.4, 0.5) is 0 Å². The van der Waals surface area contributed by atoms with Crippen LogP contribution in [0.5, 0.6) is 11.5 Å². The van der Waals surface area contributed by atoms with Crippen molar-refractivity contribution in [2.24, 2.45) is 0 Å². The fourth-order valence-electron chi connectivity index (χ4n) is 1.57. The summed E-state index contributed by atoms with van der Waals surface area (Å²) < 4.78 is 5.59. The normalized spacial score (nSPS) is 12.2. The number of rotatable bonds is 4. The van der Waals surface area contributed by atoms with Crippen molar-refractivity contribution in [3.63, 3.8) is 0 Å². The van der Waals surface area contributed by atoms with Gasteiger partial charge in [-0.25, -0.2) is 0 Å². The van der Waals surface area contributed by atoms with E-state index in [-0.39, 0.29) is 0 Å². The predicted octanol–water partition coefficient (Wildman–Crippen LogP) is 5.28. The highest BCUT2D eigenvalue weighted by molar-refractivity contribution is 6.43. The highest BCUT2D eigenvalue weighted by atomic mass is 35.5. The lowest BCUT2D eigenvalue weighted by Crippen LogP contribution is -1.98. The molecule has 20 heavy (non-hydrogen) atoms. The first-order valence-electron chi connectivity index (χ1n) is 5.97. The molecule has 0 bridgehead atoms. The third kappa shape index (κ3) is 3.55. The van der Waals surface area contributed by atoms with Gasteiger partial charge in [-0.1, -0.05) is 41.7 Å². The molecule has 0 saturated heterocycles. The van der Waals surface area contributed by atoms with Crippen molar-refractivity contribution in [1.82, 2.24) is 4.98 Å². The maximum Gasteiger partial charge on any atom is 0.147 e. The number of hydrogen-bond acceptors (Lipinski definition) is 3. The lowest BCUT2D eigenvalue weighted by atomic mass is 10.2. The maximum absolute atomic E-state index is 9.66. The first-order chi connectivity index (χ1) is 9.51. The van der Waals surface area contributed by atoms with Gasteiger partial charge in [0.2, 0.25) is 0 Å². The van der Waals surface area contributed by atoms with Crippen molar-refractivity contribution in [3.8, 4) is 11.5 Å². The average Bonchev–Trinajstić information content (AvgIpc) is 2.44. The monoisotopic (exact) mass is 331 g/mol. The van der Waals surface area contributed by atoms with Crippen LogP contribution in [-0.4, -0.2) is 10.1 Å². The molecule has 0 radical (unpaired) electrons. The first-order valence-corrected chi connectivity index (χ1v) is 7.11. The maximum atomic E-state index is 9.66. The number of aliphatic hydroxyl groups is 1. The Balaban J connectivity index is 2.20. The van der Waals surface area contributed by atoms with Crippen LogP contribution in [-0.2, 0) is 0 Å². The zero-order chi connectivity index (χ0) is 14.7. The summed E-state index contributed by atoms with van der Waals surface area (Å²) in [5, 5.41) is 10.7. The second kappa shape index (κ2) is 6.64. The molecule has 3 nitrogen and oxygen atoms in total. The van der Waals surface area contributed by atoms with Gasteiger partial charge in [0, 0.05) is 6.07 Å². The summed E-state index contributed by atoms with van der Waals surface area (Å²) in [6.45, 7) is 1.88. The molecule has 2 rings (SSSR count). The van der Waals surface area contributed by atoms with Crippen molar-refractivity contribution in [2.75, 3.05) is 0 Å². The Kier molecular flexibility index (Phi) is 5.11. The molecule has 2 aromatic rings. The number of hydrogen-bond donors (Lipinski definition) is 1. The summed E-state index contributed by atoms with van der Waals surface area (Å²) in [5.41, 5.74) is 0.597. The van der Waals surface area contributed by atoms with Crippen molar-refractivity contribution in [2.45, 2.75) is 19.4 Å². The topological polar surface area (TPSA) is 42.4 Å². The molecule has 1 atom stereocenters. The molecule has 1 aromatic heterocycles. The lowest BCUT2D eigenvalue weighted by molar-refractivity contribution is 0.169. The van der Waals surface area contributed by atoms with Gasteiger partial charge in [-0.15, -0.1) is 0 Å². The summed E-state index contributed by atoms with van der Waals surface area (Å²) in [7, 11) is 0. The molecule has 0 aliphatic rings. The average molecular weight is 333 g/mol. The molecule has 106 valence electrons. The van der Waals surface area contributed by atoms with Crippen molar-refractivity contribution >= 4 is 34.8 Å². The standard InChI is InChI=1S/C14H12Cl3NO2/c1-2-13(19)12-4-3-8(7-18-12)20-14-6-10(16)9(15)5-11(14)17/h3-7,13,19H,2H2,1H3. The molecule has 1 aromatic carbocycles. The molecule has 0 aliphatic heterocycles. The van der Waals surface area contributed by atoms with E-state index in [4.69, 9.17) is 39.5 Å². The van der Waals surface area contributed by atoms with Crippen molar-refractivity contribution < 1.29 is 9.84 Å². The molecular formula is C14H12Cl3NO2. The van der Waals surface area contributed by atoms with Crippen molar-refractivity contribution in [3.05, 3.63) is 51.2 Å². The zero-order valence-corrected chi connectivity index (χ0v) is 12.9. The fraction of sp³-hybridized carbons (Fsp3) is 0.214. The zero-order valence-electron chi connectivity index (χ0n) is 10.6. The van der Waals surface area contributed by atoms with Crippen LogP contribution in [0.15, 0.2) is 30.5 Å². The lowest BCUT2D eigenvalue weighted by Gasteiger charge is -2.10. The van der Waals surface area contributed by atoms with Crippen LogP contribution in [0.1, 0.15) is 25.1 Å². The third-order valence-electron chi connectivity index (χ3n) is 2.69. The van der Waals surface area contributed by atoms with E-state index >= 15 is 0 Å². The first kappa shape index (κ1) is 15.4. The van der Waals surface area contributed by atoms with Crippen LogP contribution >= 0.6 is 34.8 Å². The Bertz CT molecular complexity index is 602. The minimum Gasteiger partial charge on any atom is -0.454 e. The number of aliphatic hydroxyl groups excluding tert-OH is 1. The van der Waals surface area contributed by atoms with E-state index in [1.165, 1.54) is 12.3 Å². The molecular weight excluding hydrogens is 321 g/mol. The van der Waals surface area contributed by atoms with Gasteiger partial charge < -0.3 is 9.84 Å². The Hall–Kier alpha value is -1.00. The van der Waals surface area contributed by atoms with E-state index in [9.17, 15) is 5.11 Å². The summed E-state index contributed by atoms with van der Waals surface area (Å²) in [5.74, 6) is 0.893. The summed E-state index contributed by atoms with van der Waals surface area (Å²) in [4.78, 5) is 4.14. The van der Waals surface area contributed by atoms with Gasteiger partial charge in [0.25, 0.3) is 0 Å². The SMILES string of the molecule is CCC(O)c1ccc(Oc2cc(Cl)c(Cl)cc2Cl)cn1. The van der Waals surface area contributed by atoms with E-state index in [1.54, 1.807) is 18.2 Å². The van der Waals surface area contributed by atoms with Gasteiger partial charge in [-0.05, 0) is 24.6 Å². The van der Waals surface area contributed by atoms with Gasteiger partial charge in [-0.3, -0.25) is 4.98 Å². The van der Waals surface area contributed by atoms with Crippen LogP contribution in [0.2, 0.25) is 15.1 Å². The van der Waals surface area contributed by atoms with E-state index in [2.05, 4.69) is 4.98 Å². The second-order valence-electron chi connectivity index (χ2n) is 4.14. The number of benzene rings is 1. The Morgan fingerprint density at radius 2 is 1.85 bits per heavy atom. The fourth-order valence-corrected chi connectivity index (χ4v) is 2.14. The number of ether oxygens (including phenoxy) is 1. The largest absolute Gasteiger partial charge is 0.454 e. The molecule has 0 amide bonds. The molecule has 6 heteroatoms. The van der Waals surface area contributed by atoms with Gasteiger partial charge in [0.15, 0.2) is 0 Å². The summed E-state index contributed by atoms with van der Waals surface area (Å²) >= 11 is 17.8. The van der Waals surface area contributed by atoms with Gasteiger partial charge in [0.05, 0.1) is 33.1 Å². The van der Waals surface area contributed by atoms with Crippen LogP contribution in [0.25, 0.3) is 0 Å². The number of aromatic nitrogens is 1. The number of halogens is 3. The molecule has 1 unspecified atom stereocenters. The summed E-state index contributed by atoms with van der Waals surface area (Å²) in [6, 6.07) is 6.47. The molecule has 0 aliphatic carbocycles. The summed E-state index contributed by atoms with van der Waals surface area (Å²) in [6.07, 6.45) is 1.55. The number of pyridine rings is 1. The number of nitrogens with zero attached hydrogens (tertiary/aromatic N) is 1. The highest BCUT2D eigenvalue weighted by Crippen LogP contribution is 2.36. The minimum absolute atomic E-state index is 0.358. The van der Waals surface area contributed by atoms with Gasteiger partial charge in [0.1, 0.15) is 11.5 Å². The minimum atomic E-state index is -0.572. The quantitative estimate of drug-likeness (QED) is 0.775. The molecule has 0 saturated carbocycles. The van der Waals surface area contributed by atoms with E-state index in [1.807, 2.05) is 6.92 Å². The third-order valence-corrected chi connectivity index (χ3v) is 3.71. The van der Waals surface area contributed by atoms with Gasteiger partial charge in [-0.2, -0.15) is 0 Å². The Morgan fingerprint density at radius 1 is 1.15 bits per heavy atom. The highest BCUT2D eigenvalue weighted by Gasteiger charge is 2.10. The second-order valence-corrected chi connectivity index (χ2v) is 5.36.